The van der Waals surface area contributed by atoms with Crippen LogP contribution < -0.4 is 21.2 Å². The molecule has 0 aromatic heterocycles. The Hall–Kier alpha value is -3.67. The first-order valence-electron chi connectivity index (χ1n) is 12.7. The lowest BCUT2D eigenvalue weighted by molar-refractivity contribution is 0.604. The third kappa shape index (κ3) is 4.48. The van der Waals surface area contributed by atoms with Crippen molar-refractivity contribution in [2.75, 3.05) is 5.32 Å². The fourth-order valence-corrected chi connectivity index (χ4v) is 7.84. The smallest absolute Gasteiger partial charge is 0.0523 e. The van der Waals surface area contributed by atoms with Crippen molar-refractivity contribution in [3.63, 3.8) is 0 Å². The van der Waals surface area contributed by atoms with Gasteiger partial charge in [0.25, 0.3) is 0 Å². The molecule has 36 heavy (non-hydrogen) atoms. The lowest BCUT2D eigenvalue weighted by Crippen LogP contribution is -2.30. The van der Waals surface area contributed by atoms with Crippen molar-refractivity contribution in [3.05, 3.63) is 156 Å². The molecule has 0 bridgehead atoms. The Morgan fingerprint density at radius 3 is 1.78 bits per heavy atom. The molecule has 0 aliphatic carbocycles. The second-order valence-electron chi connectivity index (χ2n) is 9.55. The molecule has 0 unspecified atom stereocenters. The third-order valence-corrected chi connectivity index (χ3v) is 9.67. The molecule has 2 atom stereocenters. The summed E-state index contributed by atoms with van der Waals surface area (Å²) in [7, 11) is -0.704. The molecule has 176 valence electrons. The molecule has 1 aliphatic heterocycles. The van der Waals surface area contributed by atoms with Gasteiger partial charge >= 0.3 is 0 Å². The molecule has 6 rings (SSSR count). The van der Waals surface area contributed by atoms with Gasteiger partial charge in [-0.2, -0.15) is 0 Å². The quantitative estimate of drug-likeness (QED) is 0.256. The topological polar surface area (TPSA) is 12.0 Å². The highest BCUT2D eigenvalue weighted by atomic mass is 31.1. The summed E-state index contributed by atoms with van der Waals surface area (Å²) in [6.07, 6.45) is 1.04. The summed E-state index contributed by atoms with van der Waals surface area (Å²) in [6.45, 7) is 2.16. The Bertz CT molecular complexity index is 1390. The first kappa shape index (κ1) is 22.8. The first-order valence-corrected chi connectivity index (χ1v) is 14.0. The minimum absolute atomic E-state index is 0.259. The van der Waals surface area contributed by atoms with Gasteiger partial charge < -0.3 is 5.32 Å². The highest BCUT2D eigenvalue weighted by Gasteiger charge is 2.32. The molecule has 0 saturated heterocycles. The van der Waals surface area contributed by atoms with Crippen LogP contribution in [-0.4, -0.2) is 0 Å². The predicted octanol–water partition coefficient (Wildman–Crippen LogP) is 7.44. The van der Waals surface area contributed by atoms with E-state index in [1.165, 1.54) is 43.9 Å². The van der Waals surface area contributed by atoms with Gasteiger partial charge in [-0.05, 0) is 48.6 Å². The van der Waals surface area contributed by atoms with Crippen molar-refractivity contribution in [2.45, 2.75) is 25.3 Å². The Labute approximate surface area is 215 Å². The van der Waals surface area contributed by atoms with Crippen LogP contribution in [-0.2, 0) is 0 Å². The van der Waals surface area contributed by atoms with E-state index in [1.54, 1.807) is 0 Å². The number of hydrogen-bond acceptors (Lipinski definition) is 1. The zero-order valence-electron chi connectivity index (χ0n) is 20.5. The van der Waals surface area contributed by atoms with Crippen LogP contribution in [0.3, 0.4) is 0 Å². The summed E-state index contributed by atoms with van der Waals surface area (Å²) < 4.78 is 0. The number of fused-ring (bicyclic) bond motifs is 1. The number of hydrogen-bond donors (Lipinski definition) is 1. The summed E-state index contributed by atoms with van der Waals surface area (Å²) in [5.74, 6) is 0.343. The highest BCUT2D eigenvalue weighted by molar-refractivity contribution is 7.80. The highest BCUT2D eigenvalue weighted by Crippen LogP contribution is 2.46. The average Bonchev–Trinajstić information content (AvgIpc) is 2.95. The predicted molar refractivity (Wildman–Crippen MR) is 156 cm³/mol. The molecule has 0 spiro atoms. The Morgan fingerprint density at radius 1 is 0.583 bits per heavy atom. The summed E-state index contributed by atoms with van der Waals surface area (Å²) in [6, 6.07) is 49.3. The average molecular weight is 484 g/mol. The van der Waals surface area contributed by atoms with Gasteiger partial charge in [-0.1, -0.05) is 139 Å². The Morgan fingerprint density at radius 2 is 1.17 bits per heavy atom. The molecule has 0 fully saturated rings. The van der Waals surface area contributed by atoms with Gasteiger partial charge in [0.2, 0.25) is 0 Å². The SMILES string of the molecule is Cc1ccc([C@H]2C[C@@H](c3ccccc3)Nc3c2cccc3P(c2ccccc2)c2ccccc2)cc1. The molecule has 0 radical (unpaired) electrons. The largest absolute Gasteiger partial charge is 0.377 e. The van der Waals surface area contributed by atoms with E-state index in [0.29, 0.717) is 5.92 Å². The van der Waals surface area contributed by atoms with Crippen LogP contribution in [0.15, 0.2) is 133 Å². The summed E-state index contributed by atoms with van der Waals surface area (Å²) in [5.41, 5.74) is 6.76. The molecule has 1 aliphatic rings. The summed E-state index contributed by atoms with van der Waals surface area (Å²) >= 11 is 0. The van der Waals surface area contributed by atoms with Crippen LogP contribution in [0.1, 0.15) is 40.6 Å². The van der Waals surface area contributed by atoms with E-state index in [-0.39, 0.29) is 6.04 Å². The van der Waals surface area contributed by atoms with Gasteiger partial charge in [-0.15, -0.1) is 0 Å². The Balaban J connectivity index is 1.54. The van der Waals surface area contributed by atoms with Gasteiger partial charge in [-0.25, -0.2) is 0 Å². The van der Waals surface area contributed by atoms with Crippen LogP contribution in [0.4, 0.5) is 5.69 Å². The molecule has 0 amide bonds. The molecular formula is C34H30NP. The van der Waals surface area contributed by atoms with E-state index in [1.807, 2.05) is 0 Å². The van der Waals surface area contributed by atoms with Crippen molar-refractivity contribution < 1.29 is 0 Å². The van der Waals surface area contributed by atoms with E-state index in [4.69, 9.17) is 0 Å². The number of para-hydroxylation sites is 1. The number of benzene rings is 5. The number of anilines is 1. The van der Waals surface area contributed by atoms with Crippen molar-refractivity contribution in [3.8, 4) is 0 Å². The van der Waals surface area contributed by atoms with Crippen molar-refractivity contribution in [1.82, 2.24) is 0 Å². The molecule has 0 saturated carbocycles. The van der Waals surface area contributed by atoms with E-state index >= 15 is 0 Å². The summed E-state index contributed by atoms with van der Waals surface area (Å²) in [5, 5.41) is 8.18. The van der Waals surface area contributed by atoms with Crippen LogP contribution in [0, 0.1) is 6.92 Å². The van der Waals surface area contributed by atoms with Gasteiger partial charge in [0.05, 0.1) is 6.04 Å². The van der Waals surface area contributed by atoms with Crippen molar-refractivity contribution in [1.29, 1.82) is 0 Å². The van der Waals surface area contributed by atoms with Crippen molar-refractivity contribution >= 4 is 29.5 Å². The number of nitrogens with one attached hydrogen (secondary N) is 1. The molecule has 5 aromatic carbocycles. The van der Waals surface area contributed by atoms with Gasteiger partial charge in [0, 0.05) is 16.9 Å². The zero-order valence-corrected chi connectivity index (χ0v) is 21.4. The van der Waals surface area contributed by atoms with Gasteiger partial charge in [-0.3, -0.25) is 0 Å². The van der Waals surface area contributed by atoms with Gasteiger partial charge in [0.15, 0.2) is 0 Å². The fraction of sp³-hybridized carbons (Fsp3) is 0.118. The lowest BCUT2D eigenvalue weighted by Gasteiger charge is -2.37. The van der Waals surface area contributed by atoms with Crippen LogP contribution in [0.5, 0.6) is 0 Å². The second kappa shape index (κ2) is 10.1. The third-order valence-electron chi connectivity index (χ3n) is 7.19. The number of aryl methyl sites for hydroxylation is 1. The molecule has 5 aromatic rings. The molecule has 2 heteroatoms. The molecule has 1 heterocycles. The molecule has 1 N–H and O–H groups in total. The molecular weight excluding hydrogens is 453 g/mol. The standard InChI is InChI=1S/C34H30NP/c1-25-20-22-26(23-21-25)31-24-32(27-12-5-2-6-13-27)35-34-30(31)18-11-19-33(34)36(28-14-7-3-8-15-28)29-16-9-4-10-17-29/h2-23,31-32,35H,24H2,1H3/t31-,32+/m1/s1. The summed E-state index contributed by atoms with van der Waals surface area (Å²) in [4.78, 5) is 0. The maximum absolute atomic E-state index is 4.03. The van der Waals surface area contributed by atoms with Gasteiger partial charge in [0.1, 0.15) is 0 Å². The van der Waals surface area contributed by atoms with Crippen molar-refractivity contribution in [2.24, 2.45) is 0 Å². The minimum atomic E-state index is -0.704. The lowest BCUT2D eigenvalue weighted by atomic mass is 9.80. The van der Waals surface area contributed by atoms with E-state index in [0.717, 1.165) is 6.42 Å². The van der Waals surface area contributed by atoms with Crippen LogP contribution >= 0.6 is 7.92 Å². The maximum atomic E-state index is 4.03. The van der Waals surface area contributed by atoms with E-state index in [2.05, 4.69) is 146 Å². The maximum Gasteiger partial charge on any atom is 0.0523 e. The fourth-order valence-electron chi connectivity index (χ4n) is 5.39. The minimum Gasteiger partial charge on any atom is -0.377 e. The first-order chi connectivity index (χ1) is 17.8. The number of rotatable bonds is 5. The normalized spacial score (nSPS) is 16.8. The Kier molecular flexibility index (Phi) is 6.41. The van der Waals surface area contributed by atoms with E-state index < -0.39 is 7.92 Å². The second-order valence-corrected chi connectivity index (χ2v) is 11.7. The zero-order chi connectivity index (χ0) is 24.3. The van der Waals surface area contributed by atoms with Crippen LogP contribution in [0.2, 0.25) is 0 Å². The van der Waals surface area contributed by atoms with E-state index in [9.17, 15) is 0 Å². The van der Waals surface area contributed by atoms with Crippen LogP contribution in [0.25, 0.3) is 0 Å². The molecule has 1 nitrogen and oxygen atoms in total. The monoisotopic (exact) mass is 483 g/mol.